The number of nitrogens with two attached hydrogens (primary N) is 1. The quantitative estimate of drug-likeness (QED) is 0.330. The van der Waals surface area contributed by atoms with Crippen molar-refractivity contribution >= 4 is 5.96 Å². The van der Waals surface area contributed by atoms with Gasteiger partial charge in [-0.25, -0.2) is 10.8 Å². The second-order valence-corrected chi connectivity index (χ2v) is 5.74. The Morgan fingerprint density at radius 1 is 1.22 bits per heavy atom. The summed E-state index contributed by atoms with van der Waals surface area (Å²) < 4.78 is 0. The Labute approximate surface area is 110 Å². The van der Waals surface area contributed by atoms with E-state index in [2.05, 4.69) is 29.3 Å². The lowest BCUT2D eigenvalue weighted by Crippen LogP contribution is -2.45. The van der Waals surface area contributed by atoms with Gasteiger partial charge in [-0.05, 0) is 33.4 Å². The predicted octanol–water partition coefficient (Wildman–Crippen LogP) is 0.774. The number of likely N-dealkylation sites (tertiary alicyclic amines) is 1. The monoisotopic (exact) mass is 253 g/mol. The number of guanidine groups is 1. The summed E-state index contributed by atoms with van der Waals surface area (Å²) >= 11 is 0. The Morgan fingerprint density at radius 3 is 2.50 bits per heavy atom. The van der Waals surface area contributed by atoms with Crippen molar-refractivity contribution in [3.8, 4) is 0 Å². The summed E-state index contributed by atoms with van der Waals surface area (Å²) in [6.45, 7) is 2.08. The summed E-state index contributed by atoms with van der Waals surface area (Å²) in [6.07, 6.45) is 7.62. The lowest BCUT2D eigenvalue weighted by molar-refractivity contribution is 0.299. The van der Waals surface area contributed by atoms with E-state index in [0.29, 0.717) is 12.1 Å². The van der Waals surface area contributed by atoms with Gasteiger partial charge in [0.05, 0.1) is 6.04 Å². The van der Waals surface area contributed by atoms with Crippen molar-refractivity contribution in [2.24, 2.45) is 10.8 Å². The smallest absolute Gasteiger partial charge is 0.208 e. The lowest BCUT2D eigenvalue weighted by Gasteiger charge is -2.25. The molecule has 1 unspecified atom stereocenters. The minimum atomic E-state index is 0.475. The van der Waals surface area contributed by atoms with Crippen molar-refractivity contribution in [1.82, 2.24) is 15.2 Å². The maximum atomic E-state index is 5.66. The van der Waals surface area contributed by atoms with Crippen molar-refractivity contribution in [3.05, 3.63) is 0 Å². The van der Waals surface area contributed by atoms with Crippen molar-refractivity contribution in [3.63, 3.8) is 0 Å². The average Bonchev–Trinajstić information content (AvgIpc) is 2.87. The molecule has 1 saturated heterocycles. The summed E-state index contributed by atoms with van der Waals surface area (Å²) in [5.41, 5.74) is 2.81. The van der Waals surface area contributed by atoms with E-state index in [9.17, 15) is 0 Å². The maximum Gasteiger partial charge on any atom is 0.208 e. The topological polar surface area (TPSA) is 56.9 Å². The zero-order valence-corrected chi connectivity index (χ0v) is 11.7. The molecule has 0 spiro atoms. The highest BCUT2D eigenvalue weighted by Crippen LogP contribution is 2.21. The normalized spacial score (nSPS) is 27.0. The van der Waals surface area contributed by atoms with Crippen LogP contribution in [0, 0.1) is 0 Å². The van der Waals surface area contributed by atoms with Crippen LogP contribution in [0.15, 0.2) is 4.99 Å². The van der Waals surface area contributed by atoms with E-state index in [1.807, 2.05) is 0 Å². The lowest BCUT2D eigenvalue weighted by atomic mass is 9.96. The van der Waals surface area contributed by atoms with Gasteiger partial charge >= 0.3 is 0 Å². The van der Waals surface area contributed by atoms with E-state index in [1.54, 1.807) is 0 Å². The van der Waals surface area contributed by atoms with E-state index in [1.165, 1.54) is 38.5 Å². The molecule has 1 aliphatic carbocycles. The fraction of sp³-hybridized carbons (Fsp3) is 0.923. The van der Waals surface area contributed by atoms with E-state index >= 15 is 0 Å². The molecule has 0 aromatic carbocycles. The van der Waals surface area contributed by atoms with Crippen LogP contribution in [0.1, 0.15) is 38.5 Å². The molecule has 2 rings (SSSR count). The molecule has 5 heteroatoms. The number of likely N-dealkylation sites (N-methyl/N-ethyl adjacent to an activating group) is 1. The SMILES string of the molecule is CN(C)C1CCN(C(=NC2CCCCC2)NN)C1. The van der Waals surface area contributed by atoms with Gasteiger partial charge in [0.15, 0.2) is 0 Å². The molecule has 3 N–H and O–H groups in total. The fourth-order valence-corrected chi connectivity index (χ4v) is 2.95. The van der Waals surface area contributed by atoms with Gasteiger partial charge < -0.3 is 9.80 Å². The Balaban J connectivity index is 1.94. The maximum absolute atomic E-state index is 5.66. The van der Waals surface area contributed by atoms with Crippen LogP contribution >= 0.6 is 0 Å². The molecule has 0 aromatic heterocycles. The van der Waals surface area contributed by atoms with Crippen LogP contribution < -0.4 is 11.3 Å². The zero-order chi connectivity index (χ0) is 13.0. The van der Waals surface area contributed by atoms with Gasteiger partial charge in [-0.15, -0.1) is 0 Å². The Morgan fingerprint density at radius 2 is 1.94 bits per heavy atom. The van der Waals surface area contributed by atoms with Gasteiger partial charge in [-0.1, -0.05) is 19.3 Å². The predicted molar refractivity (Wildman–Crippen MR) is 75.3 cm³/mol. The number of nitrogens with one attached hydrogen (secondary N) is 1. The van der Waals surface area contributed by atoms with Gasteiger partial charge in [0, 0.05) is 19.1 Å². The fourth-order valence-electron chi connectivity index (χ4n) is 2.95. The Hall–Kier alpha value is -0.810. The van der Waals surface area contributed by atoms with Crippen molar-refractivity contribution in [1.29, 1.82) is 0 Å². The molecule has 5 nitrogen and oxygen atoms in total. The number of hydrogen-bond donors (Lipinski definition) is 2. The number of rotatable bonds is 2. The van der Waals surface area contributed by atoms with Gasteiger partial charge in [0.1, 0.15) is 0 Å². The van der Waals surface area contributed by atoms with E-state index < -0.39 is 0 Å². The highest BCUT2D eigenvalue weighted by Gasteiger charge is 2.26. The third kappa shape index (κ3) is 3.36. The first-order chi connectivity index (χ1) is 8.70. The highest BCUT2D eigenvalue weighted by atomic mass is 15.4. The summed E-state index contributed by atoms with van der Waals surface area (Å²) in [4.78, 5) is 9.40. The van der Waals surface area contributed by atoms with Crippen molar-refractivity contribution in [2.45, 2.75) is 50.6 Å². The van der Waals surface area contributed by atoms with Gasteiger partial charge in [0.2, 0.25) is 5.96 Å². The molecule has 0 aromatic rings. The first kappa shape index (κ1) is 13.6. The molecule has 2 fully saturated rings. The molecule has 1 aliphatic heterocycles. The molecule has 104 valence electrons. The third-order valence-electron chi connectivity index (χ3n) is 4.20. The summed E-state index contributed by atoms with van der Waals surface area (Å²) in [6, 6.07) is 1.10. The molecule has 0 amide bonds. The molecular weight excluding hydrogens is 226 g/mol. The van der Waals surface area contributed by atoms with Crippen LogP contribution in [0.2, 0.25) is 0 Å². The average molecular weight is 253 g/mol. The highest BCUT2D eigenvalue weighted by molar-refractivity contribution is 5.79. The van der Waals surface area contributed by atoms with Crippen molar-refractivity contribution < 1.29 is 0 Å². The standard InChI is InChI=1S/C13H27N5/c1-17(2)12-8-9-18(10-12)13(16-14)15-11-6-4-3-5-7-11/h11-12H,3-10,14H2,1-2H3,(H,15,16). The molecule has 2 aliphatic rings. The number of hydrazine groups is 1. The van der Waals surface area contributed by atoms with Gasteiger partial charge in [-0.2, -0.15) is 0 Å². The van der Waals surface area contributed by atoms with Crippen LogP contribution in [-0.4, -0.2) is 55.0 Å². The minimum absolute atomic E-state index is 0.475. The largest absolute Gasteiger partial charge is 0.340 e. The third-order valence-corrected chi connectivity index (χ3v) is 4.20. The molecular formula is C13H27N5. The van der Waals surface area contributed by atoms with Crippen LogP contribution in [0.5, 0.6) is 0 Å². The summed E-state index contributed by atoms with van der Waals surface area (Å²) in [5, 5.41) is 0. The summed E-state index contributed by atoms with van der Waals surface area (Å²) in [7, 11) is 4.28. The second-order valence-electron chi connectivity index (χ2n) is 5.74. The molecule has 0 radical (unpaired) electrons. The van der Waals surface area contributed by atoms with E-state index in [-0.39, 0.29) is 0 Å². The second kappa shape index (κ2) is 6.38. The molecule has 1 heterocycles. The molecule has 18 heavy (non-hydrogen) atoms. The first-order valence-electron chi connectivity index (χ1n) is 7.16. The minimum Gasteiger partial charge on any atom is -0.340 e. The van der Waals surface area contributed by atoms with Crippen LogP contribution in [-0.2, 0) is 0 Å². The van der Waals surface area contributed by atoms with Gasteiger partial charge in [-0.3, -0.25) is 5.43 Å². The van der Waals surface area contributed by atoms with Crippen molar-refractivity contribution in [2.75, 3.05) is 27.2 Å². The number of aliphatic imine (C=N–C) groups is 1. The molecule has 1 saturated carbocycles. The van der Waals surface area contributed by atoms with E-state index in [4.69, 9.17) is 10.8 Å². The Bertz CT molecular complexity index is 283. The van der Waals surface area contributed by atoms with Gasteiger partial charge in [0.25, 0.3) is 0 Å². The summed E-state index contributed by atoms with van der Waals surface area (Å²) in [5.74, 6) is 6.55. The molecule has 0 bridgehead atoms. The van der Waals surface area contributed by atoms with Crippen LogP contribution in [0.4, 0.5) is 0 Å². The molecule has 1 atom stereocenters. The number of hydrogen-bond acceptors (Lipinski definition) is 3. The first-order valence-corrected chi connectivity index (χ1v) is 7.16. The van der Waals surface area contributed by atoms with Crippen LogP contribution in [0.25, 0.3) is 0 Å². The van der Waals surface area contributed by atoms with E-state index in [0.717, 1.165) is 19.0 Å². The Kier molecular flexibility index (Phi) is 4.83. The number of nitrogens with zero attached hydrogens (tertiary/aromatic N) is 3. The zero-order valence-electron chi connectivity index (χ0n) is 11.7. The van der Waals surface area contributed by atoms with Crippen LogP contribution in [0.3, 0.4) is 0 Å².